The first kappa shape index (κ1) is 9.44. The van der Waals surface area contributed by atoms with E-state index in [9.17, 15) is 0 Å². The lowest BCUT2D eigenvalue weighted by molar-refractivity contribution is 0.0522. The van der Waals surface area contributed by atoms with Crippen LogP contribution >= 0.6 is 0 Å². The molecule has 2 rings (SSSR count). The van der Waals surface area contributed by atoms with Gasteiger partial charge in [0, 0.05) is 18.6 Å². The van der Waals surface area contributed by atoms with E-state index in [2.05, 4.69) is 17.3 Å². The number of aliphatic hydroxyl groups excluding tert-OH is 1. The van der Waals surface area contributed by atoms with E-state index in [0.717, 1.165) is 12.8 Å². The number of likely N-dealkylation sites (N-methyl/N-ethyl adjacent to an activating group) is 1. The van der Waals surface area contributed by atoms with Gasteiger partial charge >= 0.3 is 0 Å². The zero-order valence-electron chi connectivity index (χ0n) is 8.37. The summed E-state index contributed by atoms with van der Waals surface area (Å²) in [5, 5.41) is 12.8. The van der Waals surface area contributed by atoms with Crippen LogP contribution in [0.5, 0.6) is 0 Å². The maximum atomic E-state index is 9.15. The number of piperidine rings is 1. The normalized spacial score (nSPS) is 41.5. The lowest BCUT2D eigenvalue weighted by atomic mass is 9.88. The zero-order valence-corrected chi connectivity index (χ0v) is 8.37. The molecule has 2 fully saturated rings. The van der Waals surface area contributed by atoms with Crippen molar-refractivity contribution in [1.29, 1.82) is 0 Å². The molecular formula is C10H20N2O. The Bertz CT molecular complexity index is 168. The van der Waals surface area contributed by atoms with Gasteiger partial charge in [-0.15, -0.1) is 0 Å². The minimum absolute atomic E-state index is 0.0289. The lowest BCUT2D eigenvalue weighted by Gasteiger charge is -2.38. The average Bonchev–Trinajstić information content (AvgIpc) is 2.01. The Kier molecular flexibility index (Phi) is 2.86. The van der Waals surface area contributed by atoms with E-state index in [-0.39, 0.29) is 6.10 Å². The average molecular weight is 184 g/mol. The van der Waals surface area contributed by atoms with Crippen molar-refractivity contribution in [1.82, 2.24) is 10.2 Å². The summed E-state index contributed by atoms with van der Waals surface area (Å²) in [6.45, 7) is 2.41. The van der Waals surface area contributed by atoms with Crippen LogP contribution in [-0.4, -0.2) is 48.3 Å². The SMILES string of the molecule is CN1CCCC(NC2CC(O)C2)C1. The maximum Gasteiger partial charge on any atom is 0.0570 e. The molecule has 1 unspecified atom stereocenters. The molecular weight excluding hydrogens is 164 g/mol. The van der Waals surface area contributed by atoms with Gasteiger partial charge in [-0.1, -0.05) is 0 Å². The molecule has 1 saturated carbocycles. The molecule has 3 nitrogen and oxygen atoms in total. The third-order valence-corrected chi connectivity index (χ3v) is 3.21. The minimum Gasteiger partial charge on any atom is -0.393 e. The fourth-order valence-corrected chi connectivity index (χ4v) is 2.36. The van der Waals surface area contributed by atoms with Gasteiger partial charge in [0.25, 0.3) is 0 Å². The van der Waals surface area contributed by atoms with Gasteiger partial charge in [-0.2, -0.15) is 0 Å². The molecule has 0 spiro atoms. The van der Waals surface area contributed by atoms with Crippen molar-refractivity contribution in [2.24, 2.45) is 0 Å². The van der Waals surface area contributed by atoms with Crippen LogP contribution in [0.15, 0.2) is 0 Å². The van der Waals surface area contributed by atoms with Crippen molar-refractivity contribution >= 4 is 0 Å². The predicted octanol–water partition coefficient (Wildman–Crippen LogP) is 0.193. The largest absolute Gasteiger partial charge is 0.393 e. The third kappa shape index (κ3) is 2.42. The van der Waals surface area contributed by atoms with Gasteiger partial charge in [0.1, 0.15) is 0 Å². The minimum atomic E-state index is -0.0289. The Morgan fingerprint density at radius 2 is 2.08 bits per heavy atom. The van der Waals surface area contributed by atoms with Crippen LogP contribution in [0.2, 0.25) is 0 Å². The number of nitrogens with one attached hydrogen (secondary N) is 1. The highest BCUT2D eigenvalue weighted by Gasteiger charge is 2.29. The van der Waals surface area contributed by atoms with Crippen molar-refractivity contribution in [3.8, 4) is 0 Å². The number of aliphatic hydroxyl groups is 1. The molecule has 0 aromatic carbocycles. The van der Waals surface area contributed by atoms with Gasteiger partial charge in [-0.3, -0.25) is 0 Å². The first-order valence-corrected chi connectivity index (χ1v) is 5.36. The molecule has 0 amide bonds. The summed E-state index contributed by atoms with van der Waals surface area (Å²) in [5.41, 5.74) is 0. The Morgan fingerprint density at radius 3 is 2.69 bits per heavy atom. The van der Waals surface area contributed by atoms with Crippen molar-refractivity contribution in [3.63, 3.8) is 0 Å². The molecule has 0 bridgehead atoms. The highest BCUT2D eigenvalue weighted by Crippen LogP contribution is 2.21. The molecule has 0 radical (unpaired) electrons. The van der Waals surface area contributed by atoms with Gasteiger partial charge in [-0.05, 0) is 39.3 Å². The first-order valence-electron chi connectivity index (χ1n) is 5.36. The van der Waals surface area contributed by atoms with Crippen molar-refractivity contribution in [3.05, 3.63) is 0 Å². The van der Waals surface area contributed by atoms with Crippen molar-refractivity contribution < 1.29 is 5.11 Å². The van der Waals surface area contributed by atoms with Crippen LogP contribution in [0.3, 0.4) is 0 Å². The van der Waals surface area contributed by atoms with Gasteiger partial charge < -0.3 is 15.3 Å². The Morgan fingerprint density at radius 1 is 1.31 bits per heavy atom. The monoisotopic (exact) mass is 184 g/mol. The molecule has 2 N–H and O–H groups in total. The Balaban J connectivity index is 1.69. The molecule has 1 aliphatic heterocycles. The summed E-state index contributed by atoms with van der Waals surface area (Å²) in [6, 6.07) is 1.25. The summed E-state index contributed by atoms with van der Waals surface area (Å²) in [6.07, 6.45) is 4.50. The van der Waals surface area contributed by atoms with Gasteiger partial charge in [0.2, 0.25) is 0 Å². The molecule has 13 heavy (non-hydrogen) atoms. The van der Waals surface area contributed by atoms with Gasteiger partial charge in [0.15, 0.2) is 0 Å². The summed E-state index contributed by atoms with van der Waals surface area (Å²) < 4.78 is 0. The van der Waals surface area contributed by atoms with Crippen LogP contribution in [0.25, 0.3) is 0 Å². The zero-order chi connectivity index (χ0) is 9.26. The predicted molar refractivity (Wildman–Crippen MR) is 52.7 cm³/mol. The van der Waals surface area contributed by atoms with E-state index >= 15 is 0 Å². The second-order valence-electron chi connectivity index (χ2n) is 4.59. The summed E-state index contributed by atoms with van der Waals surface area (Å²) in [5.74, 6) is 0. The van der Waals surface area contributed by atoms with Gasteiger partial charge in [-0.25, -0.2) is 0 Å². The van der Waals surface area contributed by atoms with Crippen molar-refractivity contribution in [2.75, 3.05) is 20.1 Å². The standard InChI is InChI=1S/C10H20N2O/c1-12-4-2-3-8(7-12)11-9-5-10(13)6-9/h8-11,13H,2-7H2,1H3. The smallest absolute Gasteiger partial charge is 0.0570 e. The Labute approximate surface area is 80.1 Å². The topological polar surface area (TPSA) is 35.5 Å². The molecule has 1 aliphatic carbocycles. The van der Waals surface area contributed by atoms with Crippen LogP contribution in [-0.2, 0) is 0 Å². The second-order valence-corrected chi connectivity index (χ2v) is 4.59. The highest BCUT2D eigenvalue weighted by molar-refractivity contribution is 4.88. The number of likely N-dealkylation sites (tertiary alicyclic amines) is 1. The summed E-state index contributed by atoms with van der Waals surface area (Å²) >= 11 is 0. The first-order chi connectivity index (χ1) is 6.24. The molecule has 3 heteroatoms. The number of hydrogen-bond acceptors (Lipinski definition) is 3. The van der Waals surface area contributed by atoms with E-state index in [1.807, 2.05) is 0 Å². The lowest BCUT2D eigenvalue weighted by Crippen LogP contribution is -2.53. The number of rotatable bonds is 2. The molecule has 1 saturated heterocycles. The summed E-state index contributed by atoms with van der Waals surface area (Å²) in [4.78, 5) is 2.39. The van der Waals surface area contributed by atoms with Crippen LogP contribution < -0.4 is 5.32 Å². The van der Waals surface area contributed by atoms with Crippen LogP contribution in [0.4, 0.5) is 0 Å². The van der Waals surface area contributed by atoms with E-state index in [4.69, 9.17) is 5.11 Å². The summed E-state index contributed by atoms with van der Waals surface area (Å²) in [7, 11) is 2.18. The molecule has 1 heterocycles. The molecule has 76 valence electrons. The Hall–Kier alpha value is -0.120. The third-order valence-electron chi connectivity index (χ3n) is 3.21. The van der Waals surface area contributed by atoms with E-state index in [1.165, 1.54) is 25.9 Å². The number of nitrogens with zero attached hydrogens (tertiary/aromatic N) is 1. The fraction of sp³-hybridized carbons (Fsp3) is 1.00. The molecule has 0 aromatic rings. The van der Waals surface area contributed by atoms with Gasteiger partial charge in [0.05, 0.1) is 6.10 Å². The fourth-order valence-electron chi connectivity index (χ4n) is 2.36. The maximum absolute atomic E-state index is 9.15. The molecule has 1 atom stereocenters. The van der Waals surface area contributed by atoms with E-state index in [1.54, 1.807) is 0 Å². The number of hydrogen-bond donors (Lipinski definition) is 2. The highest BCUT2D eigenvalue weighted by atomic mass is 16.3. The van der Waals surface area contributed by atoms with Crippen LogP contribution in [0.1, 0.15) is 25.7 Å². The van der Waals surface area contributed by atoms with Crippen LogP contribution in [0, 0.1) is 0 Å². The van der Waals surface area contributed by atoms with Crippen molar-refractivity contribution in [2.45, 2.75) is 43.9 Å². The second kappa shape index (κ2) is 3.95. The quantitative estimate of drug-likeness (QED) is 0.643. The molecule has 2 aliphatic rings. The molecule has 0 aromatic heterocycles. The van der Waals surface area contributed by atoms with E-state index < -0.39 is 0 Å². The van der Waals surface area contributed by atoms with E-state index in [0.29, 0.717) is 12.1 Å².